The summed E-state index contributed by atoms with van der Waals surface area (Å²) in [6.45, 7) is 0.835. The molecule has 26 heavy (non-hydrogen) atoms. The number of hydrogen-bond acceptors (Lipinski definition) is 5. The molecule has 1 aromatic carbocycles. The van der Waals surface area contributed by atoms with Gasteiger partial charge < -0.3 is 10.1 Å². The molecule has 0 bridgehead atoms. The van der Waals surface area contributed by atoms with Crippen LogP contribution in [0.15, 0.2) is 24.3 Å². The zero-order chi connectivity index (χ0) is 18.6. The van der Waals surface area contributed by atoms with Gasteiger partial charge >= 0.3 is 0 Å². The van der Waals surface area contributed by atoms with E-state index < -0.39 is 16.1 Å². The third kappa shape index (κ3) is 4.85. The van der Waals surface area contributed by atoms with Crippen molar-refractivity contribution in [3.8, 4) is 5.75 Å². The lowest BCUT2D eigenvalue weighted by Crippen LogP contribution is -2.40. The number of para-hydroxylation sites is 2. The van der Waals surface area contributed by atoms with Crippen LogP contribution in [0.4, 0.5) is 5.69 Å². The molecule has 3 rings (SSSR count). The SMILES string of the molecule is CS(=O)(=O)N1CC[C@@H](C(=O)NCCSC2CCCC2)Oc2ccccc21. The molecular weight excluding hydrogens is 372 g/mol. The predicted octanol–water partition coefficient (Wildman–Crippen LogP) is 2.40. The summed E-state index contributed by atoms with van der Waals surface area (Å²) in [6, 6.07) is 6.95. The Labute approximate surface area is 159 Å². The van der Waals surface area contributed by atoms with Crippen LogP contribution in [0.25, 0.3) is 0 Å². The number of carbonyl (C=O) groups is 1. The Morgan fingerprint density at radius 3 is 2.73 bits per heavy atom. The Kier molecular flexibility index (Phi) is 6.34. The fourth-order valence-electron chi connectivity index (χ4n) is 3.43. The molecule has 0 radical (unpaired) electrons. The molecule has 6 nitrogen and oxygen atoms in total. The van der Waals surface area contributed by atoms with E-state index in [2.05, 4.69) is 5.32 Å². The average molecular weight is 399 g/mol. The van der Waals surface area contributed by atoms with Crippen LogP contribution in [-0.4, -0.2) is 50.8 Å². The maximum atomic E-state index is 12.5. The quantitative estimate of drug-likeness (QED) is 0.745. The summed E-state index contributed by atoms with van der Waals surface area (Å²) in [6.07, 6.45) is 6.00. The van der Waals surface area contributed by atoms with E-state index >= 15 is 0 Å². The maximum absolute atomic E-state index is 12.5. The molecule has 1 aliphatic heterocycles. The van der Waals surface area contributed by atoms with Gasteiger partial charge in [0.05, 0.1) is 11.9 Å². The second-order valence-electron chi connectivity index (χ2n) is 6.77. The molecule has 1 amide bonds. The van der Waals surface area contributed by atoms with Crippen molar-refractivity contribution in [1.29, 1.82) is 0 Å². The van der Waals surface area contributed by atoms with E-state index in [1.807, 2.05) is 11.8 Å². The summed E-state index contributed by atoms with van der Waals surface area (Å²) >= 11 is 1.93. The fourth-order valence-corrected chi connectivity index (χ4v) is 5.59. The van der Waals surface area contributed by atoms with Gasteiger partial charge in [-0.05, 0) is 25.0 Å². The number of amides is 1. The van der Waals surface area contributed by atoms with Crippen molar-refractivity contribution in [3.63, 3.8) is 0 Å². The molecule has 1 fully saturated rings. The van der Waals surface area contributed by atoms with Gasteiger partial charge in [0.25, 0.3) is 5.91 Å². The van der Waals surface area contributed by atoms with Crippen molar-refractivity contribution < 1.29 is 17.9 Å². The summed E-state index contributed by atoms with van der Waals surface area (Å²) in [5.41, 5.74) is 0.488. The fraction of sp³-hybridized carbons (Fsp3) is 0.611. The third-order valence-electron chi connectivity index (χ3n) is 4.75. The van der Waals surface area contributed by atoms with Crippen LogP contribution in [0.3, 0.4) is 0 Å². The van der Waals surface area contributed by atoms with Gasteiger partial charge in [0.1, 0.15) is 5.75 Å². The van der Waals surface area contributed by atoms with Crippen molar-refractivity contribution in [2.24, 2.45) is 0 Å². The summed E-state index contributed by atoms with van der Waals surface area (Å²) in [5, 5.41) is 3.67. The molecule has 1 aromatic rings. The summed E-state index contributed by atoms with van der Waals surface area (Å²) in [4.78, 5) is 12.5. The van der Waals surface area contributed by atoms with Gasteiger partial charge in [0.15, 0.2) is 6.10 Å². The molecular formula is C18H26N2O4S2. The van der Waals surface area contributed by atoms with E-state index in [1.54, 1.807) is 24.3 Å². The molecule has 1 aliphatic carbocycles. The maximum Gasteiger partial charge on any atom is 0.261 e. The molecule has 1 heterocycles. The first-order valence-corrected chi connectivity index (χ1v) is 12.0. The van der Waals surface area contributed by atoms with Crippen molar-refractivity contribution in [1.82, 2.24) is 5.32 Å². The van der Waals surface area contributed by atoms with Crippen LogP contribution in [0.2, 0.25) is 0 Å². The van der Waals surface area contributed by atoms with Gasteiger partial charge in [0.2, 0.25) is 10.0 Å². The van der Waals surface area contributed by atoms with E-state index in [0.717, 1.165) is 11.0 Å². The lowest BCUT2D eigenvalue weighted by atomic mass is 10.2. The zero-order valence-corrected chi connectivity index (χ0v) is 16.7. The highest BCUT2D eigenvalue weighted by Gasteiger charge is 2.30. The van der Waals surface area contributed by atoms with E-state index in [9.17, 15) is 13.2 Å². The predicted molar refractivity (Wildman–Crippen MR) is 105 cm³/mol. The average Bonchev–Trinajstić information content (AvgIpc) is 3.02. The minimum atomic E-state index is -3.42. The number of thioether (sulfide) groups is 1. The van der Waals surface area contributed by atoms with Crippen molar-refractivity contribution >= 4 is 33.4 Å². The molecule has 1 N–H and O–H groups in total. The number of benzene rings is 1. The van der Waals surface area contributed by atoms with Gasteiger partial charge in [-0.3, -0.25) is 9.10 Å². The normalized spacial score (nSPS) is 21.0. The third-order valence-corrected chi connectivity index (χ3v) is 7.31. The van der Waals surface area contributed by atoms with Crippen LogP contribution < -0.4 is 14.4 Å². The summed E-state index contributed by atoms with van der Waals surface area (Å²) in [5.74, 6) is 1.15. The van der Waals surface area contributed by atoms with Gasteiger partial charge in [-0.15, -0.1) is 0 Å². The molecule has 8 heteroatoms. The van der Waals surface area contributed by atoms with E-state index in [1.165, 1.54) is 36.2 Å². The van der Waals surface area contributed by atoms with Crippen molar-refractivity contribution in [2.75, 3.05) is 29.4 Å². The monoisotopic (exact) mass is 398 g/mol. The zero-order valence-electron chi connectivity index (χ0n) is 15.0. The van der Waals surface area contributed by atoms with Crippen LogP contribution in [0.1, 0.15) is 32.1 Å². The summed E-state index contributed by atoms with van der Waals surface area (Å²) < 4.78 is 31.3. The minimum Gasteiger partial charge on any atom is -0.478 e. The Bertz CT molecular complexity index is 732. The van der Waals surface area contributed by atoms with E-state index in [0.29, 0.717) is 24.4 Å². The number of sulfonamides is 1. The number of fused-ring (bicyclic) bond motifs is 1. The second kappa shape index (κ2) is 8.52. The highest BCUT2D eigenvalue weighted by molar-refractivity contribution is 7.99. The number of hydrogen-bond donors (Lipinski definition) is 1. The second-order valence-corrected chi connectivity index (χ2v) is 10.1. The van der Waals surface area contributed by atoms with Gasteiger partial charge in [-0.1, -0.05) is 25.0 Å². The molecule has 0 unspecified atom stereocenters. The first-order chi connectivity index (χ1) is 12.4. The highest BCUT2D eigenvalue weighted by Crippen LogP contribution is 2.34. The standard InChI is InChI=1S/C18H26N2O4S2/c1-26(22,23)20-12-10-17(24-16-9-5-4-8-15(16)20)18(21)19-11-13-25-14-6-2-3-7-14/h4-5,8-9,14,17H,2-3,6-7,10-13H2,1H3,(H,19,21)/t17-/m0/s1. The Balaban J connectivity index is 1.58. The molecule has 0 aromatic heterocycles. The Hall–Kier alpha value is -1.41. The first-order valence-electron chi connectivity index (χ1n) is 9.08. The lowest BCUT2D eigenvalue weighted by Gasteiger charge is -2.20. The largest absolute Gasteiger partial charge is 0.478 e. The molecule has 2 aliphatic rings. The van der Waals surface area contributed by atoms with Gasteiger partial charge in [0, 0.05) is 30.5 Å². The number of nitrogens with zero attached hydrogens (tertiary/aromatic N) is 1. The number of rotatable bonds is 6. The number of ether oxygens (including phenoxy) is 1. The highest BCUT2D eigenvalue weighted by atomic mass is 32.2. The topological polar surface area (TPSA) is 75.7 Å². The lowest BCUT2D eigenvalue weighted by molar-refractivity contribution is -0.127. The molecule has 0 saturated heterocycles. The van der Waals surface area contributed by atoms with Crippen molar-refractivity contribution in [2.45, 2.75) is 43.5 Å². The van der Waals surface area contributed by atoms with Crippen LogP contribution in [-0.2, 0) is 14.8 Å². The molecule has 0 spiro atoms. The summed E-state index contributed by atoms with van der Waals surface area (Å²) in [7, 11) is -3.42. The van der Waals surface area contributed by atoms with Gasteiger partial charge in [-0.2, -0.15) is 11.8 Å². The molecule has 144 valence electrons. The number of carbonyl (C=O) groups excluding carboxylic acids is 1. The van der Waals surface area contributed by atoms with Crippen LogP contribution in [0, 0.1) is 0 Å². The Morgan fingerprint density at radius 1 is 1.27 bits per heavy atom. The molecule has 1 saturated carbocycles. The van der Waals surface area contributed by atoms with Crippen LogP contribution >= 0.6 is 11.8 Å². The minimum absolute atomic E-state index is 0.179. The van der Waals surface area contributed by atoms with Gasteiger partial charge in [-0.25, -0.2) is 8.42 Å². The number of nitrogens with one attached hydrogen (secondary N) is 1. The van der Waals surface area contributed by atoms with E-state index in [4.69, 9.17) is 4.74 Å². The Morgan fingerprint density at radius 2 is 2.00 bits per heavy atom. The van der Waals surface area contributed by atoms with Crippen molar-refractivity contribution in [3.05, 3.63) is 24.3 Å². The van der Waals surface area contributed by atoms with Crippen LogP contribution in [0.5, 0.6) is 5.75 Å². The number of anilines is 1. The molecule has 1 atom stereocenters. The first kappa shape index (κ1) is 19.4. The van der Waals surface area contributed by atoms with E-state index in [-0.39, 0.29) is 12.5 Å². The smallest absolute Gasteiger partial charge is 0.261 e.